The van der Waals surface area contributed by atoms with Crippen LogP contribution in [-0.2, 0) is 16.0 Å². The lowest BCUT2D eigenvalue weighted by Crippen LogP contribution is -2.52. The minimum atomic E-state index is -0.0200. The molecule has 1 saturated heterocycles. The summed E-state index contributed by atoms with van der Waals surface area (Å²) in [5.41, 5.74) is 4.53. The molecule has 1 aliphatic carbocycles. The Hall–Kier alpha value is -3.19. The van der Waals surface area contributed by atoms with Crippen LogP contribution in [0.3, 0.4) is 0 Å². The van der Waals surface area contributed by atoms with E-state index in [-0.39, 0.29) is 42.0 Å². The molecule has 0 unspecified atom stereocenters. The topological polar surface area (TPSA) is 73.0 Å². The lowest BCUT2D eigenvalue weighted by Gasteiger charge is -2.45. The van der Waals surface area contributed by atoms with Crippen LogP contribution < -0.4 is 10.2 Å². The molecule has 0 aromatic heterocycles. The molecule has 2 fully saturated rings. The number of carbonyl (C=O) groups is 3. The number of piperazine rings is 1. The number of hydrogen-bond acceptors (Lipinski definition) is 5. The van der Waals surface area contributed by atoms with E-state index in [9.17, 15) is 14.4 Å². The number of carbonyl (C=O) groups excluding carboxylic acids is 3. The van der Waals surface area contributed by atoms with Crippen LogP contribution in [0, 0.1) is 6.92 Å². The van der Waals surface area contributed by atoms with Gasteiger partial charge in [0.1, 0.15) is 0 Å². The average Bonchev–Trinajstić information content (AvgIpc) is 2.94. The van der Waals surface area contributed by atoms with Crippen molar-refractivity contribution in [3.8, 4) is 0 Å². The third-order valence-corrected chi connectivity index (χ3v) is 8.72. The fourth-order valence-electron chi connectivity index (χ4n) is 5.97. The zero-order valence-corrected chi connectivity index (χ0v) is 24.0. The Morgan fingerprint density at radius 1 is 0.897 bits per heavy atom. The van der Waals surface area contributed by atoms with Crippen molar-refractivity contribution in [2.75, 3.05) is 45.2 Å². The van der Waals surface area contributed by atoms with E-state index in [2.05, 4.69) is 60.4 Å². The van der Waals surface area contributed by atoms with E-state index in [4.69, 9.17) is 0 Å². The molecule has 0 spiro atoms. The number of hydrogen-bond donors (Lipinski definition) is 1. The summed E-state index contributed by atoms with van der Waals surface area (Å²) in [6, 6.07) is 16.6. The fourth-order valence-corrected chi connectivity index (χ4v) is 5.97. The van der Waals surface area contributed by atoms with Gasteiger partial charge in [-0.15, -0.1) is 0 Å². The predicted octanol–water partition coefficient (Wildman–Crippen LogP) is 4.23. The van der Waals surface area contributed by atoms with Crippen LogP contribution in [0.15, 0.2) is 48.5 Å². The number of rotatable bonds is 9. The minimum absolute atomic E-state index is 0.0200. The number of amides is 2. The molecule has 7 nitrogen and oxygen atoms in total. The molecule has 0 radical (unpaired) electrons. The zero-order chi connectivity index (χ0) is 28.0. The Bertz CT molecular complexity index is 1130. The number of nitrogens with zero attached hydrogens (tertiary/aromatic N) is 3. The van der Waals surface area contributed by atoms with Crippen molar-refractivity contribution >= 4 is 23.3 Å². The molecule has 2 aliphatic rings. The Morgan fingerprint density at radius 3 is 2.08 bits per heavy atom. The Balaban J connectivity index is 1.18. The number of Topliss-reactive ketones (excluding diaryl/α,β-unsaturated/α-hetero) is 1. The first-order chi connectivity index (χ1) is 18.6. The smallest absolute Gasteiger partial charge is 0.223 e. The van der Waals surface area contributed by atoms with E-state index in [1.165, 1.54) is 11.1 Å². The van der Waals surface area contributed by atoms with Crippen molar-refractivity contribution in [1.82, 2.24) is 15.1 Å². The summed E-state index contributed by atoms with van der Waals surface area (Å²) in [5, 5.41) is 3.21. The molecule has 1 saturated carbocycles. The highest BCUT2D eigenvalue weighted by atomic mass is 16.2. The van der Waals surface area contributed by atoms with E-state index >= 15 is 0 Å². The minimum Gasteiger partial charge on any atom is -0.368 e. The van der Waals surface area contributed by atoms with Gasteiger partial charge < -0.3 is 20.0 Å². The van der Waals surface area contributed by atoms with Gasteiger partial charge >= 0.3 is 0 Å². The van der Waals surface area contributed by atoms with Crippen LogP contribution in [-0.4, -0.2) is 79.3 Å². The Kier molecular flexibility index (Phi) is 9.44. The van der Waals surface area contributed by atoms with Crippen molar-refractivity contribution in [3.63, 3.8) is 0 Å². The summed E-state index contributed by atoms with van der Waals surface area (Å²) in [4.78, 5) is 43.5. The predicted molar refractivity (Wildman–Crippen MR) is 156 cm³/mol. The van der Waals surface area contributed by atoms with Crippen LogP contribution in [0.5, 0.6) is 0 Å². The zero-order valence-electron chi connectivity index (χ0n) is 24.0. The van der Waals surface area contributed by atoms with Gasteiger partial charge in [-0.05, 0) is 89.9 Å². The van der Waals surface area contributed by atoms with E-state index in [1.807, 2.05) is 29.2 Å². The first-order valence-electron chi connectivity index (χ1n) is 14.3. The van der Waals surface area contributed by atoms with Crippen LogP contribution in [0.25, 0.3) is 0 Å². The molecule has 2 aromatic carbocycles. The lowest BCUT2D eigenvalue weighted by molar-refractivity contribution is -0.134. The monoisotopic (exact) mass is 532 g/mol. The molecular weight excluding hydrogens is 488 g/mol. The van der Waals surface area contributed by atoms with Gasteiger partial charge in [-0.2, -0.15) is 0 Å². The Morgan fingerprint density at radius 2 is 1.51 bits per heavy atom. The molecule has 0 atom stereocenters. The normalized spacial score (nSPS) is 21.6. The van der Waals surface area contributed by atoms with Crippen molar-refractivity contribution in [1.29, 1.82) is 0 Å². The van der Waals surface area contributed by atoms with Crippen LogP contribution >= 0.6 is 0 Å². The summed E-state index contributed by atoms with van der Waals surface area (Å²) in [5.74, 6) is 0.0859. The molecule has 4 rings (SSSR count). The maximum Gasteiger partial charge on any atom is 0.223 e. The number of ketones is 1. The molecule has 0 bridgehead atoms. The average molecular weight is 533 g/mol. The molecule has 7 heteroatoms. The van der Waals surface area contributed by atoms with E-state index in [0.29, 0.717) is 18.7 Å². The highest BCUT2D eigenvalue weighted by Crippen LogP contribution is 2.35. The van der Waals surface area contributed by atoms with Gasteiger partial charge in [-0.3, -0.25) is 14.4 Å². The van der Waals surface area contributed by atoms with Gasteiger partial charge in [0.2, 0.25) is 11.8 Å². The number of likely N-dealkylation sites (N-methyl/N-ethyl adjacent to an activating group) is 1. The quantitative estimate of drug-likeness (QED) is 0.490. The maximum atomic E-state index is 12.8. The molecule has 210 valence electrons. The van der Waals surface area contributed by atoms with Crippen molar-refractivity contribution in [2.45, 2.75) is 70.4 Å². The fraction of sp³-hybridized carbons (Fsp3) is 0.531. The second-order valence-corrected chi connectivity index (χ2v) is 11.6. The summed E-state index contributed by atoms with van der Waals surface area (Å²) in [6.45, 7) is 6.46. The van der Waals surface area contributed by atoms with E-state index in [1.54, 1.807) is 6.92 Å². The molecule has 2 amide bonds. The number of nitrogens with one attached hydrogen (secondary N) is 1. The number of anilines is 1. The largest absolute Gasteiger partial charge is 0.368 e. The van der Waals surface area contributed by atoms with Gasteiger partial charge in [0.25, 0.3) is 0 Å². The van der Waals surface area contributed by atoms with Gasteiger partial charge in [0.05, 0.1) is 0 Å². The summed E-state index contributed by atoms with van der Waals surface area (Å²) >= 11 is 0. The second kappa shape index (κ2) is 12.8. The first-order valence-corrected chi connectivity index (χ1v) is 14.3. The summed E-state index contributed by atoms with van der Waals surface area (Å²) in [7, 11) is 4.34. The van der Waals surface area contributed by atoms with Gasteiger partial charge in [0, 0.05) is 61.9 Å². The van der Waals surface area contributed by atoms with Crippen LogP contribution in [0.2, 0.25) is 0 Å². The van der Waals surface area contributed by atoms with Crippen molar-refractivity contribution in [3.05, 3.63) is 65.2 Å². The summed E-state index contributed by atoms with van der Waals surface area (Å²) in [6.07, 6.45) is 5.51. The standard InChI is InChI=1S/C32H44N4O3/c1-24-5-7-26(8-6-24)23-32(34(3)4)17-15-28(16-18-32)33-30(38)13-14-31(39)36-21-19-35(20-22-36)29-11-9-27(10-12-29)25(2)37/h5-12,28H,13-23H2,1-4H3,(H,33,38). The molecular formula is C32H44N4O3. The van der Waals surface area contributed by atoms with Gasteiger partial charge in [-0.25, -0.2) is 0 Å². The highest BCUT2D eigenvalue weighted by molar-refractivity contribution is 5.94. The Labute approximate surface area is 233 Å². The highest BCUT2D eigenvalue weighted by Gasteiger charge is 2.37. The second-order valence-electron chi connectivity index (χ2n) is 11.6. The SMILES string of the molecule is CC(=O)c1ccc(N2CCN(C(=O)CCC(=O)NC3CCC(Cc4ccc(C)cc4)(N(C)C)CC3)CC2)cc1. The first kappa shape index (κ1) is 28.8. The van der Waals surface area contributed by atoms with E-state index < -0.39 is 0 Å². The third-order valence-electron chi connectivity index (χ3n) is 8.72. The summed E-state index contributed by atoms with van der Waals surface area (Å²) < 4.78 is 0. The maximum absolute atomic E-state index is 12.8. The van der Waals surface area contributed by atoms with Crippen molar-refractivity contribution < 1.29 is 14.4 Å². The number of benzene rings is 2. The molecule has 1 N–H and O–H groups in total. The lowest BCUT2D eigenvalue weighted by atomic mass is 9.74. The molecule has 1 aliphatic heterocycles. The van der Waals surface area contributed by atoms with Gasteiger partial charge in [0.15, 0.2) is 5.78 Å². The van der Waals surface area contributed by atoms with Crippen LogP contribution in [0.4, 0.5) is 5.69 Å². The van der Waals surface area contributed by atoms with Crippen molar-refractivity contribution in [2.24, 2.45) is 0 Å². The molecule has 2 aromatic rings. The van der Waals surface area contributed by atoms with E-state index in [0.717, 1.165) is 50.9 Å². The van der Waals surface area contributed by atoms with Crippen LogP contribution in [0.1, 0.15) is 66.9 Å². The third kappa shape index (κ3) is 7.47. The van der Waals surface area contributed by atoms with Gasteiger partial charge in [-0.1, -0.05) is 29.8 Å². The number of aryl methyl sites for hydroxylation is 1. The molecule has 39 heavy (non-hydrogen) atoms. The molecule has 1 heterocycles.